The highest BCUT2D eigenvalue weighted by atomic mass is 32.2. The molecule has 5 atom stereocenters. The second-order valence-electron chi connectivity index (χ2n) is 9.21. The molecule has 0 aromatic heterocycles. The van der Waals surface area contributed by atoms with Gasteiger partial charge in [-0.3, -0.25) is 14.4 Å². The first-order valence-corrected chi connectivity index (χ1v) is 13.1. The average Bonchev–Trinajstić information content (AvgIpc) is 3.50. The summed E-state index contributed by atoms with van der Waals surface area (Å²) in [5.41, 5.74) is 0.692. The van der Waals surface area contributed by atoms with Crippen molar-refractivity contribution in [1.82, 2.24) is 4.90 Å². The van der Waals surface area contributed by atoms with E-state index in [1.807, 2.05) is 12.1 Å². The van der Waals surface area contributed by atoms with Gasteiger partial charge < -0.3 is 24.4 Å². The molecule has 4 rings (SSSR count). The number of rotatable bonds is 11. The number of hydrogen-bond donors (Lipinski definition) is 1. The molecule has 3 aliphatic heterocycles. The van der Waals surface area contributed by atoms with Crippen molar-refractivity contribution in [3.63, 3.8) is 0 Å². The normalized spacial score (nSPS) is 28.7. The fourth-order valence-corrected chi connectivity index (χ4v) is 8.14. The van der Waals surface area contributed by atoms with Gasteiger partial charge in [0.15, 0.2) is 0 Å². The largest absolute Gasteiger partial charge is 0.497 e. The molecule has 3 heterocycles. The minimum Gasteiger partial charge on any atom is -0.497 e. The summed E-state index contributed by atoms with van der Waals surface area (Å²) >= 11 is 1.63. The number of methoxy groups -OCH3 is 1. The summed E-state index contributed by atoms with van der Waals surface area (Å²) < 4.78 is 9.96. The number of carbonyl (C=O) groups excluding carboxylic acids is 3. The van der Waals surface area contributed by atoms with E-state index >= 15 is 0 Å². The quantitative estimate of drug-likeness (QED) is 0.282. The van der Waals surface area contributed by atoms with Crippen LogP contribution in [0.3, 0.4) is 0 Å². The molecule has 1 aromatic rings. The van der Waals surface area contributed by atoms with Gasteiger partial charge in [0.2, 0.25) is 5.91 Å². The predicted molar refractivity (Wildman–Crippen MR) is 134 cm³/mol. The first-order valence-electron chi connectivity index (χ1n) is 12.3. The third-order valence-corrected chi connectivity index (χ3v) is 9.31. The molecule has 35 heavy (non-hydrogen) atoms. The SMILES string of the molecule is C=CCN(C(=O)C1N(CCCCO)C(=O)[C@@H]2[C@@H](C(=O)OCC)[C@H]3CCC12S3)c1ccc(OC)cc1. The number of nitrogens with zero attached hydrogens (tertiary/aromatic N) is 2. The van der Waals surface area contributed by atoms with Crippen LogP contribution in [-0.4, -0.2) is 77.2 Å². The molecule has 1 spiro atoms. The lowest BCUT2D eigenvalue weighted by Crippen LogP contribution is -2.55. The predicted octanol–water partition coefficient (Wildman–Crippen LogP) is 2.64. The lowest BCUT2D eigenvalue weighted by atomic mass is 9.71. The van der Waals surface area contributed by atoms with E-state index in [0.717, 1.165) is 6.42 Å². The van der Waals surface area contributed by atoms with Crippen molar-refractivity contribution in [2.45, 2.75) is 48.6 Å². The number of amides is 2. The molecule has 1 aromatic carbocycles. The van der Waals surface area contributed by atoms with Crippen LogP contribution in [0.1, 0.15) is 32.6 Å². The summed E-state index contributed by atoms with van der Waals surface area (Å²) in [5.74, 6) is -1.09. The minimum absolute atomic E-state index is 0.0198. The Morgan fingerprint density at radius 2 is 2.06 bits per heavy atom. The van der Waals surface area contributed by atoms with Crippen LogP contribution in [0.5, 0.6) is 5.75 Å². The Labute approximate surface area is 210 Å². The van der Waals surface area contributed by atoms with Gasteiger partial charge in [-0.2, -0.15) is 0 Å². The summed E-state index contributed by atoms with van der Waals surface area (Å²) in [6.45, 7) is 6.53. The number of esters is 1. The van der Waals surface area contributed by atoms with E-state index < -0.39 is 22.6 Å². The average molecular weight is 503 g/mol. The van der Waals surface area contributed by atoms with Crippen LogP contribution < -0.4 is 9.64 Å². The van der Waals surface area contributed by atoms with Crippen molar-refractivity contribution in [2.75, 3.05) is 38.3 Å². The molecule has 3 fully saturated rings. The Morgan fingerprint density at radius 3 is 2.69 bits per heavy atom. The summed E-state index contributed by atoms with van der Waals surface area (Å²) in [5, 5.41) is 9.28. The number of aliphatic hydroxyl groups is 1. The maximum absolute atomic E-state index is 14.3. The van der Waals surface area contributed by atoms with Gasteiger partial charge in [-0.1, -0.05) is 6.08 Å². The molecule has 9 heteroatoms. The molecule has 2 unspecified atom stereocenters. The van der Waals surface area contributed by atoms with Gasteiger partial charge in [-0.15, -0.1) is 18.3 Å². The van der Waals surface area contributed by atoms with Gasteiger partial charge in [0.25, 0.3) is 5.91 Å². The molecule has 1 N–H and O–H groups in total. The van der Waals surface area contributed by atoms with E-state index in [2.05, 4.69) is 6.58 Å². The Morgan fingerprint density at radius 1 is 1.31 bits per heavy atom. The van der Waals surface area contributed by atoms with Gasteiger partial charge in [-0.25, -0.2) is 0 Å². The molecule has 2 amide bonds. The van der Waals surface area contributed by atoms with Crippen LogP contribution in [-0.2, 0) is 19.1 Å². The zero-order valence-corrected chi connectivity index (χ0v) is 21.2. The number of likely N-dealkylation sites (tertiary alicyclic amines) is 1. The van der Waals surface area contributed by atoms with E-state index in [4.69, 9.17) is 9.47 Å². The smallest absolute Gasteiger partial charge is 0.310 e. The number of anilines is 1. The van der Waals surface area contributed by atoms with Gasteiger partial charge >= 0.3 is 5.97 Å². The number of hydrogen-bond acceptors (Lipinski definition) is 7. The second kappa shape index (κ2) is 10.6. The van der Waals surface area contributed by atoms with Crippen molar-refractivity contribution in [3.05, 3.63) is 36.9 Å². The molecule has 2 bridgehead atoms. The highest BCUT2D eigenvalue weighted by Crippen LogP contribution is 2.66. The molecule has 3 aliphatic rings. The van der Waals surface area contributed by atoms with Gasteiger partial charge in [0.1, 0.15) is 11.8 Å². The number of carbonyl (C=O) groups is 3. The van der Waals surface area contributed by atoms with E-state index in [1.165, 1.54) is 0 Å². The highest BCUT2D eigenvalue weighted by molar-refractivity contribution is 8.02. The summed E-state index contributed by atoms with van der Waals surface area (Å²) in [6, 6.07) is 6.54. The molecular weight excluding hydrogens is 468 g/mol. The standard InChI is InChI=1S/C26H34N2O6S/c1-4-14-27(17-8-10-18(33-3)11-9-17)24(31)22-26-13-12-19(35-26)20(25(32)34-5-2)21(26)23(30)28(22)15-6-7-16-29/h4,8-11,19-22,29H,1,5-7,12-16H2,2-3H3/t19-,20+,21+,22?,26?/m1/s1. The summed E-state index contributed by atoms with van der Waals surface area (Å²) in [7, 11) is 1.59. The van der Waals surface area contributed by atoms with Crippen molar-refractivity contribution in [2.24, 2.45) is 11.8 Å². The van der Waals surface area contributed by atoms with Gasteiger partial charge in [0.05, 0.1) is 30.3 Å². The van der Waals surface area contributed by atoms with Gasteiger partial charge in [-0.05, 0) is 56.9 Å². The highest BCUT2D eigenvalue weighted by Gasteiger charge is 2.74. The second-order valence-corrected chi connectivity index (χ2v) is 10.8. The van der Waals surface area contributed by atoms with E-state index in [9.17, 15) is 19.5 Å². The van der Waals surface area contributed by atoms with Crippen LogP contribution in [0.15, 0.2) is 36.9 Å². The summed E-state index contributed by atoms with van der Waals surface area (Å²) in [4.78, 5) is 44.4. The third kappa shape index (κ3) is 4.33. The molecule has 0 radical (unpaired) electrons. The molecule has 190 valence electrons. The third-order valence-electron chi connectivity index (χ3n) is 7.36. The Hall–Kier alpha value is -2.52. The fraction of sp³-hybridized carbons (Fsp3) is 0.577. The number of unbranched alkanes of at least 4 members (excludes halogenated alkanes) is 1. The Kier molecular flexibility index (Phi) is 7.76. The van der Waals surface area contributed by atoms with Crippen LogP contribution in [0.25, 0.3) is 0 Å². The topological polar surface area (TPSA) is 96.4 Å². The lowest BCUT2D eigenvalue weighted by molar-refractivity contribution is -0.153. The first kappa shape index (κ1) is 25.6. The van der Waals surface area contributed by atoms with Crippen LogP contribution in [0, 0.1) is 11.8 Å². The van der Waals surface area contributed by atoms with E-state index in [-0.39, 0.29) is 42.8 Å². The first-order chi connectivity index (χ1) is 16.9. The summed E-state index contributed by atoms with van der Waals surface area (Å²) in [6.07, 6.45) is 4.26. The Balaban J connectivity index is 1.73. The maximum atomic E-state index is 14.3. The zero-order chi connectivity index (χ0) is 25.2. The molecule has 3 saturated heterocycles. The van der Waals surface area contributed by atoms with Crippen LogP contribution in [0.4, 0.5) is 5.69 Å². The van der Waals surface area contributed by atoms with Crippen LogP contribution >= 0.6 is 11.8 Å². The molecule has 0 aliphatic carbocycles. The van der Waals surface area contributed by atoms with Crippen molar-refractivity contribution < 1.29 is 29.0 Å². The lowest BCUT2D eigenvalue weighted by Gasteiger charge is -2.37. The molecular formula is C26H34N2O6S. The van der Waals surface area contributed by atoms with Crippen LogP contribution in [0.2, 0.25) is 0 Å². The van der Waals surface area contributed by atoms with Crippen molar-refractivity contribution >= 4 is 35.2 Å². The monoisotopic (exact) mass is 502 g/mol. The molecule has 0 saturated carbocycles. The minimum atomic E-state index is -0.699. The van der Waals surface area contributed by atoms with E-state index in [0.29, 0.717) is 37.2 Å². The number of ether oxygens (including phenoxy) is 2. The van der Waals surface area contributed by atoms with Gasteiger partial charge in [0, 0.05) is 30.6 Å². The maximum Gasteiger partial charge on any atom is 0.310 e. The van der Waals surface area contributed by atoms with E-state index in [1.54, 1.807) is 53.8 Å². The van der Waals surface area contributed by atoms with Crippen molar-refractivity contribution in [3.8, 4) is 5.75 Å². The number of aliphatic hydroxyl groups excluding tert-OH is 1. The molecule has 8 nitrogen and oxygen atoms in total. The number of thioether (sulfide) groups is 1. The number of benzene rings is 1. The van der Waals surface area contributed by atoms with Crippen molar-refractivity contribution in [1.29, 1.82) is 0 Å². The zero-order valence-electron chi connectivity index (χ0n) is 20.4. The Bertz CT molecular complexity index is 969. The fourth-order valence-electron chi connectivity index (χ4n) is 5.93. The number of fused-ring (bicyclic) bond motifs is 1.